The highest BCUT2D eigenvalue weighted by atomic mass is 19.1. The van der Waals surface area contributed by atoms with Crippen LogP contribution in [0.1, 0.15) is 89.8 Å². The molecule has 2 aromatic rings. The SMILES string of the molecule is Cn1nc(C2CCC(=O)NC2=O)c2cc(F)c(C3CCN(C[C@@H]4CCN(C(=O)OC(C)(C)C)CC4(C)C)CC3)cc21. The number of carbonyl (C=O) groups is 3. The average molecular weight is 570 g/mol. The number of piperidine rings is 3. The van der Waals surface area contributed by atoms with Crippen molar-refractivity contribution in [1.29, 1.82) is 0 Å². The summed E-state index contributed by atoms with van der Waals surface area (Å²) in [5.74, 6) is -0.867. The summed E-state index contributed by atoms with van der Waals surface area (Å²) in [6.07, 6.45) is 3.09. The highest BCUT2D eigenvalue weighted by molar-refractivity contribution is 6.02. The van der Waals surface area contributed by atoms with E-state index >= 15 is 4.39 Å². The van der Waals surface area contributed by atoms with Gasteiger partial charge in [-0.3, -0.25) is 19.6 Å². The molecule has 9 nitrogen and oxygen atoms in total. The number of aromatic nitrogens is 2. The number of rotatable bonds is 4. The van der Waals surface area contributed by atoms with E-state index in [1.807, 2.05) is 38.8 Å². The predicted octanol–water partition coefficient (Wildman–Crippen LogP) is 4.70. The van der Waals surface area contributed by atoms with Gasteiger partial charge in [-0.1, -0.05) is 13.8 Å². The molecular formula is C31H44FN5O4. The van der Waals surface area contributed by atoms with Crippen LogP contribution < -0.4 is 5.32 Å². The number of imide groups is 1. The van der Waals surface area contributed by atoms with E-state index in [0.29, 0.717) is 42.1 Å². The Labute approximate surface area is 241 Å². The van der Waals surface area contributed by atoms with Crippen LogP contribution in [0.5, 0.6) is 0 Å². The van der Waals surface area contributed by atoms with E-state index in [0.717, 1.165) is 44.4 Å². The van der Waals surface area contributed by atoms with E-state index in [4.69, 9.17) is 4.74 Å². The third-order valence-electron chi connectivity index (χ3n) is 9.18. The van der Waals surface area contributed by atoms with Crippen LogP contribution in [0.2, 0.25) is 0 Å². The number of nitrogens with one attached hydrogen (secondary N) is 1. The lowest BCUT2D eigenvalue weighted by atomic mass is 9.73. The zero-order chi connectivity index (χ0) is 29.7. The number of benzene rings is 1. The number of ether oxygens (including phenoxy) is 1. The van der Waals surface area contributed by atoms with E-state index in [9.17, 15) is 14.4 Å². The molecule has 1 aromatic carbocycles. The first-order valence-corrected chi connectivity index (χ1v) is 14.9. The number of aryl methyl sites for hydroxylation is 1. The zero-order valence-corrected chi connectivity index (χ0v) is 25.3. The molecule has 2 atom stereocenters. The molecule has 3 amide bonds. The van der Waals surface area contributed by atoms with Crippen LogP contribution in [0.3, 0.4) is 0 Å². The standard InChI is InChI=1S/C31H44FN5O4/c1-30(2,3)41-29(40)37-14-11-20(31(4,5)18-37)17-36-12-9-19(10-13-36)22-16-25-23(15-24(22)32)27(34-35(25)6)21-7-8-26(38)33-28(21)39/h15-16,19-21H,7-14,17-18H2,1-6H3,(H,33,38,39)/t20-,21?/m0/s1. The molecule has 1 aromatic heterocycles. The molecule has 5 rings (SSSR count). The van der Waals surface area contributed by atoms with Crippen LogP contribution in [0, 0.1) is 17.2 Å². The fourth-order valence-electron chi connectivity index (χ4n) is 6.81. The quantitative estimate of drug-likeness (QED) is 0.537. The first-order chi connectivity index (χ1) is 19.2. The van der Waals surface area contributed by atoms with Gasteiger partial charge in [-0.2, -0.15) is 5.10 Å². The van der Waals surface area contributed by atoms with Gasteiger partial charge in [-0.15, -0.1) is 0 Å². The van der Waals surface area contributed by atoms with Crippen molar-refractivity contribution >= 4 is 28.8 Å². The summed E-state index contributed by atoms with van der Waals surface area (Å²) < 4.78 is 22.9. The van der Waals surface area contributed by atoms with Crippen LogP contribution in [-0.2, 0) is 21.4 Å². The van der Waals surface area contributed by atoms with E-state index in [1.54, 1.807) is 4.68 Å². The lowest BCUT2D eigenvalue weighted by molar-refractivity contribution is -0.134. The molecule has 41 heavy (non-hydrogen) atoms. The monoisotopic (exact) mass is 569 g/mol. The molecule has 0 bridgehead atoms. The van der Waals surface area contributed by atoms with Crippen LogP contribution in [-0.4, -0.2) is 75.8 Å². The molecule has 0 radical (unpaired) electrons. The Morgan fingerprint density at radius 3 is 2.46 bits per heavy atom. The van der Waals surface area contributed by atoms with Gasteiger partial charge in [0, 0.05) is 38.5 Å². The van der Waals surface area contributed by atoms with Crippen molar-refractivity contribution in [3.63, 3.8) is 0 Å². The average Bonchev–Trinajstić information content (AvgIpc) is 3.18. The lowest BCUT2D eigenvalue weighted by Gasteiger charge is -2.46. The Balaban J connectivity index is 1.22. The number of halogens is 1. The summed E-state index contributed by atoms with van der Waals surface area (Å²) in [6.45, 7) is 14.3. The Kier molecular flexibility index (Phi) is 7.91. The first kappa shape index (κ1) is 29.5. The minimum Gasteiger partial charge on any atom is -0.444 e. The molecule has 0 aliphatic carbocycles. The molecule has 10 heteroatoms. The van der Waals surface area contributed by atoms with Gasteiger partial charge in [-0.25, -0.2) is 9.18 Å². The maximum absolute atomic E-state index is 15.5. The van der Waals surface area contributed by atoms with Gasteiger partial charge in [0.25, 0.3) is 0 Å². The maximum atomic E-state index is 15.5. The van der Waals surface area contributed by atoms with Crippen molar-refractivity contribution in [2.45, 2.75) is 84.2 Å². The second-order valence-electron chi connectivity index (χ2n) is 13.9. The Bertz CT molecular complexity index is 1340. The number of nitrogens with zero attached hydrogens (tertiary/aromatic N) is 4. The topological polar surface area (TPSA) is 96.8 Å². The Morgan fingerprint density at radius 1 is 1.12 bits per heavy atom. The number of hydrogen-bond acceptors (Lipinski definition) is 6. The molecule has 1 unspecified atom stereocenters. The van der Waals surface area contributed by atoms with Crippen molar-refractivity contribution < 1.29 is 23.5 Å². The lowest BCUT2D eigenvalue weighted by Crippen LogP contribution is -2.52. The molecule has 0 spiro atoms. The molecular weight excluding hydrogens is 525 g/mol. The second kappa shape index (κ2) is 11.0. The van der Waals surface area contributed by atoms with Crippen LogP contribution in [0.15, 0.2) is 12.1 Å². The number of hydrogen-bond donors (Lipinski definition) is 1. The van der Waals surface area contributed by atoms with Gasteiger partial charge in [0.05, 0.1) is 17.1 Å². The predicted molar refractivity (Wildman–Crippen MR) is 154 cm³/mol. The molecule has 0 saturated carbocycles. The van der Waals surface area contributed by atoms with E-state index in [1.165, 1.54) is 6.07 Å². The summed E-state index contributed by atoms with van der Waals surface area (Å²) in [5.41, 5.74) is 1.53. The number of carbonyl (C=O) groups excluding carboxylic acids is 3. The molecule has 224 valence electrons. The minimum absolute atomic E-state index is 0.0249. The van der Waals surface area contributed by atoms with Gasteiger partial charge in [0.15, 0.2) is 0 Å². The number of amides is 3. The number of fused-ring (bicyclic) bond motifs is 1. The highest BCUT2D eigenvalue weighted by Crippen LogP contribution is 2.39. The van der Waals surface area contributed by atoms with Crippen molar-refractivity contribution in [1.82, 2.24) is 24.9 Å². The van der Waals surface area contributed by atoms with Gasteiger partial charge < -0.3 is 14.5 Å². The van der Waals surface area contributed by atoms with Gasteiger partial charge in [0.2, 0.25) is 11.8 Å². The smallest absolute Gasteiger partial charge is 0.410 e. The van der Waals surface area contributed by atoms with E-state index in [2.05, 4.69) is 29.2 Å². The fourth-order valence-corrected chi connectivity index (χ4v) is 6.81. The first-order valence-electron chi connectivity index (χ1n) is 14.9. The van der Waals surface area contributed by atoms with Crippen molar-refractivity contribution in [3.05, 3.63) is 29.2 Å². The number of likely N-dealkylation sites (tertiary alicyclic amines) is 2. The largest absolute Gasteiger partial charge is 0.444 e. The molecule has 3 aliphatic rings. The highest BCUT2D eigenvalue weighted by Gasteiger charge is 2.40. The van der Waals surface area contributed by atoms with Crippen molar-refractivity contribution in [2.24, 2.45) is 18.4 Å². The summed E-state index contributed by atoms with van der Waals surface area (Å²) in [5, 5.41) is 7.60. The van der Waals surface area contributed by atoms with Crippen molar-refractivity contribution in [3.8, 4) is 0 Å². The fraction of sp³-hybridized carbons (Fsp3) is 0.677. The normalized spacial score (nSPS) is 24.5. The molecule has 3 fully saturated rings. The van der Waals surface area contributed by atoms with E-state index in [-0.39, 0.29) is 41.5 Å². The minimum atomic E-state index is -0.551. The Morgan fingerprint density at radius 2 is 1.83 bits per heavy atom. The second-order valence-corrected chi connectivity index (χ2v) is 13.9. The third kappa shape index (κ3) is 6.27. The van der Waals surface area contributed by atoms with Gasteiger partial charge in [0.1, 0.15) is 11.4 Å². The summed E-state index contributed by atoms with van der Waals surface area (Å²) in [7, 11) is 1.82. The van der Waals surface area contributed by atoms with E-state index < -0.39 is 11.5 Å². The maximum Gasteiger partial charge on any atom is 0.410 e. The van der Waals surface area contributed by atoms with Crippen molar-refractivity contribution in [2.75, 3.05) is 32.7 Å². The Hall–Kier alpha value is -3.01. The summed E-state index contributed by atoms with van der Waals surface area (Å²) in [6, 6.07) is 3.44. The molecule has 1 N–H and O–H groups in total. The summed E-state index contributed by atoms with van der Waals surface area (Å²) in [4.78, 5) is 41.0. The molecule has 3 saturated heterocycles. The third-order valence-corrected chi connectivity index (χ3v) is 9.18. The molecule has 4 heterocycles. The molecule has 3 aliphatic heterocycles. The zero-order valence-electron chi connectivity index (χ0n) is 25.3. The van der Waals surface area contributed by atoms with Gasteiger partial charge in [-0.05, 0) is 94.5 Å². The van der Waals surface area contributed by atoms with Crippen LogP contribution in [0.25, 0.3) is 10.9 Å². The summed E-state index contributed by atoms with van der Waals surface area (Å²) >= 11 is 0. The van der Waals surface area contributed by atoms with Crippen LogP contribution in [0.4, 0.5) is 9.18 Å². The van der Waals surface area contributed by atoms with Gasteiger partial charge >= 0.3 is 6.09 Å². The van der Waals surface area contributed by atoms with Crippen LogP contribution >= 0.6 is 0 Å².